The number of hydrogen-bond acceptors (Lipinski definition) is 7. The Labute approximate surface area is 177 Å². The van der Waals surface area contributed by atoms with Crippen LogP contribution >= 0.6 is 0 Å². The van der Waals surface area contributed by atoms with Crippen LogP contribution < -0.4 is 0 Å². The zero-order valence-electron chi connectivity index (χ0n) is 16.9. The Hall–Kier alpha value is -4.03. The maximum Gasteiger partial charge on any atom is 0.271 e. The number of furan rings is 1. The molecule has 1 aromatic carbocycles. The van der Waals surface area contributed by atoms with Crippen molar-refractivity contribution in [2.45, 2.75) is 20.3 Å². The first-order valence-corrected chi connectivity index (χ1v) is 9.43. The fourth-order valence-corrected chi connectivity index (χ4v) is 3.27. The van der Waals surface area contributed by atoms with Crippen LogP contribution in [-0.2, 0) is 9.59 Å². The number of rotatable bonds is 6. The first kappa shape index (κ1) is 21.7. The van der Waals surface area contributed by atoms with Gasteiger partial charge in [-0.15, -0.1) is 0 Å². The van der Waals surface area contributed by atoms with Crippen LogP contribution in [0.1, 0.15) is 24.7 Å². The fourth-order valence-electron chi connectivity index (χ4n) is 3.27. The monoisotopic (exact) mass is 421 g/mol. The molecule has 0 saturated carbocycles. The van der Waals surface area contributed by atoms with E-state index in [4.69, 9.17) is 9.52 Å². The van der Waals surface area contributed by atoms with E-state index in [9.17, 15) is 25.0 Å². The molecule has 0 atom stereocenters. The molecule has 2 amide bonds. The van der Waals surface area contributed by atoms with E-state index in [0.717, 1.165) is 10.5 Å². The summed E-state index contributed by atoms with van der Waals surface area (Å²) in [6.07, 6.45) is 1.63. The minimum atomic E-state index is -0.692. The molecular weight excluding hydrogens is 402 g/mol. The van der Waals surface area contributed by atoms with Crippen LogP contribution in [0.3, 0.4) is 0 Å². The molecule has 2 aromatic rings. The molecule has 1 aliphatic heterocycles. The summed E-state index contributed by atoms with van der Waals surface area (Å²) in [4.78, 5) is 36.8. The number of carbonyl (C=O) groups is 2. The number of nitriles is 1. The van der Waals surface area contributed by atoms with Gasteiger partial charge >= 0.3 is 0 Å². The van der Waals surface area contributed by atoms with E-state index in [0.29, 0.717) is 11.3 Å². The normalized spacial score (nSPS) is 15.5. The van der Waals surface area contributed by atoms with E-state index in [1.807, 2.05) is 6.07 Å². The molecule has 158 valence electrons. The number of carbonyl (C=O) groups excluding carboxylic acids is 2. The number of hydrogen-bond donors (Lipinski definition) is 1. The molecule has 0 fully saturated rings. The van der Waals surface area contributed by atoms with Gasteiger partial charge in [0.05, 0.1) is 4.92 Å². The number of nitro groups is 1. The summed E-state index contributed by atoms with van der Waals surface area (Å²) in [5.74, 6) is -0.605. The van der Waals surface area contributed by atoms with E-state index >= 15 is 0 Å². The van der Waals surface area contributed by atoms with Crippen LogP contribution in [0, 0.1) is 28.4 Å². The Bertz CT molecular complexity index is 1180. The second-order valence-electron chi connectivity index (χ2n) is 6.97. The third kappa shape index (κ3) is 4.15. The lowest BCUT2D eigenvalue weighted by molar-refractivity contribution is -0.384. The number of imide groups is 1. The molecule has 0 spiro atoms. The number of nitro benzene ring substituents is 1. The Balaban J connectivity index is 2.03. The molecule has 1 N–H and O–H groups in total. The molecular formula is C22H19N3O6. The number of amides is 2. The molecule has 0 aliphatic carbocycles. The van der Waals surface area contributed by atoms with Crippen molar-refractivity contribution in [1.29, 1.82) is 5.26 Å². The summed E-state index contributed by atoms with van der Waals surface area (Å²) in [5.41, 5.74) is 1.46. The highest BCUT2D eigenvalue weighted by Gasteiger charge is 2.35. The van der Waals surface area contributed by atoms with Gasteiger partial charge in [-0.2, -0.15) is 5.26 Å². The van der Waals surface area contributed by atoms with Gasteiger partial charge in [-0.3, -0.25) is 24.6 Å². The summed E-state index contributed by atoms with van der Waals surface area (Å²) in [5, 5.41) is 29.5. The summed E-state index contributed by atoms with van der Waals surface area (Å²) >= 11 is 0. The minimum absolute atomic E-state index is 0.0136. The summed E-state index contributed by atoms with van der Waals surface area (Å²) in [6.45, 7) is 3.09. The zero-order valence-corrected chi connectivity index (χ0v) is 16.9. The number of benzene rings is 1. The van der Waals surface area contributed by atoms with E-state index in [2.05, 4.69) is 0 Å². The van der Waals surface area contributed by atoms with Crippen LogP contribution in [0.5, 0.6) is 0 Å². The minimum Gasteiger partial charge on any atom is -0.457 e. The highest BCUT2D eigenvalue weighted by atomic mass is 16.6. The lowest BCUT2D eigenvalue weighted by Gasteiger charge is -2.27. The van der Waals surface area contributed by atoms with Crippen molar-refractivity contribution < 1.29 is 24.0 Å². The molecule has 3 rings (SSSR count). The lowest BCUT2D eigenvalue weighted by Crippen LogP contribution is -2.43. The van der Waals surface area contributed by atoms with E-state index in [-0.39, 0.29) is 47.7 Å². The molecule has 31 heavy (non-hydrogen) atoms. The quantitative estimate of drug-likeness (QED) is 0.327. The average Bonchev–Trinajstić information content (AvgIpc) is 3.20. The molecule has 9 heteroatoms. The number of non-ortho nitro benzene ring substituents is 1. The molecule has 0 radical (unpaired) electrons. The van der Waals surface area contributed by atoms with Crippen molar-refractivity contribution in [2.24, 2.45) is 0 Å². The van der Waals surface area contributed by atoms with Crippen molar-refractivity contribution >= 4 is 23.6 Å². The average molecular weight is 421 g/mol. The second-order valence-corrected chi connectivity index (χ2v) is 6.97. The van der Waals surface area contributed by atoms with Crippen molar-refractivity contribution in [3.8, 4) is 17.4 Å². The number of aliphatic hydroxyl groups excluding tert-OH is 1. The number of aliphatic hydroxyl groups is 1. The van der Waals surface area contributed by atoms with Crippen LogP contribution in [0.25, 0.3) is 17.4 Å². The van der Waals surface area contributed by atoms with Crippen LogP contribution in [-0.4, -0.2) is 39.9 Å². The highest BCUT2D eigenvalue weighted by molar-refractivity contribution is 6.19. The Morgan fingerprint density at radius 1 is 1.23 bits per heavy atom. The van der Waals surface area contributed by atoms with Gasteiger partial charge in [0.2, 0.25) is 0 Å². The van der Waals surface area contributed by atoms with Gasteiger partial charge in [-0.1, -0.05) is 6.07 Å². The second kappa shape index (κ2) is 8.77. The molecule has 2 heterocycles. The van der Waals surface area contributed by atoms with Gasteiger partial charge in [-0.25, -0.2) is 0 Å². The predicted molar refractivity (Wildman–Crippen MR) is 110 cm³/mol. The topological polar surface area (TPSA) is 138 Å². The summed E-state index contributed by atoms with van der Waals surface area (Å²) in [6, 6.07) is 9.50. The van der Waals surface area contributed by atoms with Crippen molar-refractivity contribution in [2.75, 3.05) is 13.2 Å². The SMILES string of the molecule is CC1=C(C#N)C(=O)N(CCCO)C(=O)/C1=C/c1ccc(-c2cc([N+](=O)[O-])ccc2C)o1. The van der Waals surface area contributed by atoms with Gasteiger partial charge < -0.3 is 9.52 Å². The largest absolute Gasteiger partial charge is 0.457 e. The van der Waals surface area contributed by atoms with E-state index in [1.165, 1.54) is 25.1 Å². The maximum absolute atomic E-state index is 12.9. The number of nitrogens with zero attached hydrogens (tertiary/aromatic N) is 3. The van der Waals surface area contributed by atoms with Gasteiger partial charge in [0.25, 0.3) is 17.5 Å². The highest BCUT2D eigenvalue weighted by Crippen LogP contribution is 2.32. The van der Waals surface area contributed by atoms with E-state index in [1.54, 1.807) is 25.1 Å². The summed E-state index contributed by atoms with van der Waals surface area (Å²) in [7, 11) is 0. The van der Waals surface area contributed by atoms with Gasteiger partial charge in [0, 0.05) is 36.4 Å². The van der Waals surface area contributed by atoms with Crippen LogP contribution in [0.4, 0.5) is 5.69 Å². The summed E-state index contributed by atoms with van der Waals surface area (Å²) < 4.78 is 5.80. The van der Waals surface area contributed by atoms with Crippen LogP contribution in [0.2, 0.25) is 0 Å². The zero-order chi connectivity index (χ0) is 22.7. The first-order valence-electron chi connectivity index (χ1n) is 9.43. The van der Waals surface area contributed by atoms with Crippen LogP contribution in [0.15, 0.2) is 51.5 Å². The predicted octanol–water partition coefficient (Wildman–Crippen LogP) is 3.14. The Kier molecular flexibility index (Phi) is 6.13. The standard InChI is InChI=1S/C22H19N3O6/c1-13-4-5-15(25(29)30)10-17(13)20-7-6-16(31-20)11-18-14(2)19(12-23)22(28)24(21(18)27)8-3-9-26/h4-7,10-11,26H,3,8-9H2,1-2H3/b18-11+. The molecule has 0 saturated heterocycles. The molecule has 0 bridgehead atoms. The Morgan fingerprint density at radius 2 is 1.97 bits per heavy atom. The third-order valence-corrected chi connectivity index (χ3v) is 4.98. The molecule has 0 unspecified atom stereocenters. The van der Waals surface area contributed by atoms with Crippen molar-refractivity contribution in [1.82, 2.24) is 4.90 Å². The molecule has 9 nitrogen and oxygen atoms in total. The number of aryl methyl sites for hydroxylation is 1. The maximum atomic E-state index is 12.9. The molecule has 1 aliphatic rings. The molecule has 1 aromatic heterocycles. The van der Waals surface area contributed by atoms with Gasteiger partial charge in [0.15, 0.2) is 0 Å². The fraction of sp³-hybridized carbons (Fsp3) is 0.227. The Morgan fingerprint density at radius 3 is 2.61 bits per heavy atom. The van der Waals surface area contributed by atoms with E-state index < -0.39 is 16.7 Å². The smallest absolute Gasteiger partial charge is 0.271 e. The van der Waals surface area contributed by atoms with Gasteiger partial charge in [0.1, 0.15) is 23.2 Å². The van der Waals surface area contributed by atoms with Crippen molar-refractivity contribution in [3.63, 3.8) is 0 Å². The lowest BCUT2D eigenvalue weighted by atomic mass is 9.94. The van der Waals surface area contributed by atoms with Gasteiger partial charge in [-0.05, 0) is 49.6 Å². The third-order valence-electron chi connectivity index (χ3n) is 4.98. The first-order chi connectivity index (χ1) is 14.8. The van der Waals surface area contributed by atoms with Crippen molar-refractivity contribution in [3.05, 3.63) is 68.5 Å².